The van der Waals surface area contributed by atoms with Crippen molar-refractivity contribution in [3.63, 3.8) is 0 Å². The maximum Gasteiger partial charge on any atom is 0.233 e. The Kier molecular flexibility index (Phi) is 6.12. The summed E-state index contributed by atoms with van der Waals surface area (Å²) in [7, 11) is 0. The van der Waals surface area contributed by atoms with Gasteiger partial charge in [-0.25, -0.2) is 0 Å². The van der Waals surface area contributed by atoms with E-state index in [1.165, 1.54) is 11.8 Å². The van der Waals surface area contributed by atoms with Crippen molar-refractivity contribution in [2.24, 2.45) is 0 Å². The first-order valence-electron chi connectivity index (χ1n) is 8.68. The van der Waals surface area contributed by atoms with Crippen LogP contribution in [0.1, 0.15) is 25.8 Å². The highest BCUT2D eigenvalue weighted by Gasteiger charge is 2.23. The zero-order chi connectivity index (χ0) is 18.4. The minimum Gasteiger partial charge on any atom is -0.461 e. The van der Waals surface area contributed by atoms with Crippen molar-refractivity contribution in [3.05, 3.63) is 54.3 Å². The Labute approximate surface area is 157 Å². The number of nitrogens with zero attached hydrogens (tertiary/aromatic N) is 3. The molecule has 0 aliphatic carbocycles. The van der Waals surface area contributed by atoms with E-state index >= 15 is 0 Å². The molecule has 1 amide bonds. The first kappa shape index (κ1) is 18.3. The Balaban J connectivity index is 1.69. The Hall–Kier alpha value is -2.54. The van der Waals surface area contributed by atoms with Crippen LogP contribution < -0.4 is 5.32 Å². The summed E-state index contributed by atoms with van der Waals surface area (Å²) in [6.07, 6.45) is 2.32. The van der Waals surface area contributed by atoms with Crippen molar-refractivity contribution in [1.82, 2.24) is 20.1 Å². The molecule has 6 nitrogen and oxygen atoms in total. The van der Waals surface area contributed by atoms with E-state index in [4.69, 9.17) is 4.42 Å². The second kappa shape index (κ2) is 8.71. The number of carbonyl (C=O) groups is 1. The summed E-state index contributed by atoms with van der Waals surface area (Å²) >= 11 is 1.44. The van der Waals surface area contributed by atoms with Crippen molar-refractivity contribution in [2.45, 2.75) is 43.8 Å². The van der Waals surface area contributed by atoms with Crippen LogP contribution in [0.25, 0.3) is 11.6 Å². The third-order valence-corrected chi connectivity index (χ3v) is 5.34. The van der Waals surface area contributed by atoms with E-state index in [1.807, 2.05) is 60.9 Å². The van der Waals surface area contributed by atoms with Crippen LogP contribution in [0.5, 0.6) is 0 Å². The molecule has 3 rings (SSSR count). The van der Waals surface area contributed by atoms with Crippen molar-refractivity contribution in [3.8, 4) is 11.6 Å². The minimum absolute atomic E-state index is 0.00607. The number of benzene rings is 1. The number of amides is 1. The van der Waals surface area contributed by atoms with E-state index in [0.29, 0.717) is 31.1 Å². The van der Waals surface area contributed by atoms with Gasteiger partial charge in [-0.3, -0.25) is 9.36 Å². The third-order valence-electron chi connectivity index (χ3n) is 4.00. The van der Waals surface area contributed by atoms with Gasteiger partial charge in [0.2, 0.25) is 5.91 Å². The third kappa shape index (κ3) is 4.16. The standard InChI is InChI=1S/C19H22N4O2S/c1-3-16(18(24)20-13-14-9-6-5-7-10-14)26-19-22-21-17(23(19)4-2)15-11-8-12-25-15/h5-12,16H,3-4,13H2,1-2H3,(H,20,24). The largest absolute Gasteiger partial charge is 0.461 e. The lowest BCUT2D eigenvalue weighted by Crippen LogP contribution is -2.32. The van der Waals surface area contributed by atoms with Gasteiger partial charge in [-0.1, -0.05) is 49.0 Å². The molecule has 1 atom stereocenters. The number of carbonyl (C=O) groups excluding carboxylic acids is 1. The van der Waals surface area contributed by atoms with Gasteiger partial charge in [0, 0.05) is 13.1 Å². The van der Waals surface area contributed by atoms with E-state index < -0.39 is 0 Å². The average Bonchev–Trinajstić information content (AvgIpc) is 3.34. The number of aromatic nitrogens is 3. The highest BCUT2D eigenvalue weighted by atomic mass is 32.2. The van der Waals surface area contributed by atoms with Crippen LogP contribution in [0.3, 0.4) is 0 Å². The fourth-order valence-corrected chi connectivity index (χ4v) is 3.64. The first-order chi connectivity index (χ1) is 12.7. The van der Waals surface area contributed by atoms with Crippen LogP contribution in [0.15, 0.2) is 58.3 Å². The SMILES string of the molecule is CCC(Sc1nnc(-c2ccco2)n1CC)C(=O)NCc1ccccc1. The molecule has 2 heterocycles. The molecular formula is C19H22N4O2S. The summed E-state index contributed by atoms with van der Waals surface area (Å²) in [4.78, 5) is 12.6. The van der Waals surface area contributed by atoms with Crippen LogP contribution in [0.4, 0.5) is 0 Å². The second-order valence-corrected chi connectivity index (χ2v) is 6.92. The molecule has 0 spiro atoms. The topological polar surface area (TPSA) is 73.0 Å². The van der Waals surface area contributed by atoms with Crippen molar-refractivity contribution >= 4 is 17.7 Å². The fraction of sp³-hybridized carbons (Fsp3) is 0.316. The van der Waals surface area contributed by atoms with Gasteiger partial charge in [0.1, 0.15) is 0 Å². The van der Waals surface area contributed by atoms with Crippen molar-refractivity contribution < 1.29 is 9.21 Å². The van der Waals surface area contributed by atoms with Gasteiger partial charge in [-0.2, -0.15) is 0 Å². The number of nitrogens with one attached hydrogen (secondary N) is 1. The highest BCUT2D eigenvalue weighted by molar-refractivity contribution is 8.00. The molecule has 0 radical (unpaired) electrons. The van der Waals surface area contributed by atoms with Crippen LogP contribution in [-0.4, -0.2) is 25.9 Å². The molecule has 0 saturated heterocycles. The lowest BCUT2D eigenvalue weighted by atomic mass is 10.2. The van der Waals surface area contributed by atoms with Crippen molar-refractivity contribution in [1.29, 1.82) is 0 Å². The maximum atomic E-state index is 12.6. The van der Waals surface area contributed by atoms with Crippen LogP contribution >= 0.6 is 11.8 Å². The fourth-order valence-electron chi connectivity index (χ4n) is 2.60. The molecule has 1 N–H and O–H groups in total. The number of thioether (sulfide) groups is 1. The summed E-state index contributed by atoms with van der Waals surface area (Å²) < 4.78 is 7.40. The molecular weight excluding hydrogens is 348 g/mol. The average molecular weight is 370 g/mol. The molecule has 2 aromatic heterocycles. The van der Waals surface area contributed by atoms with Crippen LogP contribution in [0, 0.1) is 0 Å². The Morgan fingerprint density at radius 2 is 2.00 bits per heavy atom. The molecule has 0 fully saturated rings. The number of hydrogen-bond acceptors (Lipinski definition) is 5. The number of rotatable bonds is 8. The van der Waals surface area contributed by atoms with Crippen LogP contribution in [-0.2, 0) is 17.9 Å². The first-order valence-corrected chi connectivity index (χ1v) is 9.56. The summed E-state index contributed by atoms with van der Waals surface area (Å²) in [5.74, 6) is 1.36. The Bertz CT molecular complexity index is 831. The Morgan fingerprint density at radius 1 is 1.19 bits per heavy atom. The lowest BCUT2D eigenvalue weighted by Gasteiger charge is -2.15. The van der Waals surface area contributed by atoms with Gasteiger partial charge in [-0.15, -0.1) is 10.2 Å². The molecule has 0 aliphatic heterocycles. The molecule has 0 saturated carbocycles. The normalized spacial score (nSPS) is 12.1. The molecule has 3 aromatic rings. The number of furan rings is 1. The minimum atomic E-state index is -0.224. The monoisotopic (exact) mass is 370 g/mol. The molecule has 1 unspecified atom stereocenters. The Morgan fingerprint density at radius 3 is 2.65 bits per heavy atom. The predicted octanol–water partition coefficient (Wildman–Crippen LogP) is 3.75. The summed E-state index contributed by atoms with van der Waals surface area (Å²) in [6.45, 7) is 5.25. The summed E-state index contributed by atoms with van der Waals surface area (Å²) in [5, 5.41) is 12.0. The molecule has 0 aliphatic rings. The van der Waals surface area contributed by atoms with Gasteiger partial charge in [0.25, 0.3) is 0 Å². The molecule has 0 bridgehead atoms. The van der Waals surface area contributed by atoms with Crippen molar-refractivity contribution in [2.75, 3.05) is 0 Å². The van der Waals surface area contributed by atoms with E-state index in [1.54, 1.807) is 6.26 Å². The van der Waals surface area contributed by atoms with Gasteiger partial charge in [0.05, 0.1) is 11.5 Å². The molecule has 136 valence electrons. The predicted molar refractivity (Wildman–Crippen MR) is 102 cm³/mol. The second-order valence-electron chi connectivity index (χ2n) is 5.75. The summed E-state index contributed by atoms with van der Waals surface area (Å²) in [5.41, 5.74) is 1.08. The summed E-state index contributed by atoms with van der Waals surface area (Å²) in [6, 6.07) is 13.6. The lowest BCUT2D eigenvalue weighted by molar-refractivity contribution is -0.120. The molecule has 26 heavy (non-hydrogen) atoms. The van der Waals surface area contributed by atoms with E-state index in [0.717, 1.165) is 10.7 Å². The van der Waals surface area contributed by atoms with Gasteiger partial charge in [0.15, 0.2) is 16.7 Å². The van der Waals surface area contributed by atoms with Gasteiger partial charge in [-0.05, 0) is 31.0 Å². The maximum absolute atomic E-state index is 12.6. The zero-order valence-corrected chi connectivity index (χ0v) is 15.7. The highest BCUT2D eigenvalue weighted by Crippen LogP contribution is 2.28. The quantitative estimate of drug-likeness (QED) is 0.612. The van der Waals surface area contributed by atoms with Gasteiger partial charge >= 0.3 is 0 Å². The van der Waals surface area contributed by atoms with E-state index in [-0.39, 0.29) is 11.2 Å². The van der Waals surface area contributed by atoms with Gasteiger partial charge < -0.3 is 9.73 Å². The van der Waals surface area contributed by atoms with E-state index in [9.17, 15) is 4.79 Å². The molecule has 7 heteroatoms. The molecule has 1 aromatic carbocycles. The zero-order valence-electron chi connectivity index (χ0n) is 14.9. The number of hydrogen-bond donors (Lipinski definition) is 1. The van der Waals surface area contributed by atoms with Crippen LogP contribution in [0.2, 0.25) is 0 Å². The smallest absolute Gasteiger partial charge is 0.233 e. The van der Waals surface area contributed by atoms with E-state index in [2.05, 4.69) is 15.5 Å².